The summed E-state index contributed by atoms with van der Waals surface area (Å²) >= 11 is 0. The molecule has 0 aliphatic carbocycles. The van der Waals surface area contributed by atoms with Crippen LogP contribution in [0, 0.1) is 6.92 Å². The summed E-state index contributed by atoms with van der Waals surface area (Å²) in [6.07, 6.45) is 1.74. The molecule has 7 nitrogen and oxygen atoms in total. The van der Waals surface area contributed by atoms with Crippen molar-refractivity contribution in [1.82, 2.24) is 20.2 Å². The maximum absolute atomic E-state index is 12.4. The molecule has 1 fully saturated rings. The molecule has 23 heavy (non-hydrogen) atoms. The minimum absolute atomic E-state index is 0.146. The second kappa shape index (κ2) is 6.70. The zero-order valence-electron chi connectivity index (χ0n) is 14.6. The Morgan fingerprint density at radius 2 is 2.17 bits per heavy atom. The first-order chi connectivity index (χ1) is 10.7. The molecule has 0 radical (unpaired) electrons. The zero-order chi connectivity index (χ0) is 17.2. The van der Waals surface area contributed by atoms with Gasteiger partial charge < -0.3 is 20.2 Å². The van der Waals surface area contributed by atoms with Crippen LogP contribution in [0.4, 0.5) is 10.7 Å². The first-order valence-electron chi connectivity index (χ1n) is 7.97. The van der Waals surface area contributed by atoms with Crippen LogP contribution in [0.5, 0.6) is 0 Å². The van der Waals surface area contributed by atoms with Gasteiger partial charge in [-0.25, -0.2) is 14.8 Å². The Morgan fingerprint density at radius 3 is 2.78 bits per heavy atom. The van der Waals surface area contributed by atoms with Crippen LogP contribution in [-0.2, 0) is 6.54 Å². The molecule has 0 bridgehead atoms. The van der Waals surface area contributed by atoms with Crippen LogP contribution >= 0.6 is 0 Å². The van der Waals surface area contributed by atoms with Gasteiger partial charge in [0.25, 0.3) is 0 Å². The van der Waals surface area contributed by atoms with E-state index in [1.165, 1.54) is 0 Å². The van der Waals surface area contributed by atoms with Crippen molar-refractivity contribution in [3.63, 3.8) is 0 Å². The van der Waals surface area contributed by atoms with Crippen LogP contribution in [0.3, 0.4) is 0 Å². The van der Waals surface area contributed by atoms with Crippen molar-refractivity contribution in [1.29, 1.82) is 0 Å². The number of carbonyl (C=O) groups excluding carboxylic acids is 1. The van der Waals surface area contributed by atoms with Gasteiger partial charge in [0.1, 0.15) is 0 Å². The van der Waals surface area contributed by atoms with Crippen LogP contribution in [0.15, 0.2) is 6.07 Å². The van der Waals surface area contributed by atoms with Crippen molar-refractivity contribution in [2.45, 2.75) is 51.8 Å². The van der Waals surface area contributed by atoms with Gasteiger partial charge in [0.15, 0.2) is 0 Å². The van der Waals surface area contributed by atoms with Crippen molar-refractivity contribution in [3.05, 3.63) is 17.5 Å². The first kappa shape index (κ1) is 17.5. The predicted molar refractivity (Wildman–Crippen MR) is 89.4 cm³/mol. The van der Waals surface area contributed by atoms with Crippen molar-refractivity contribution >= 4 is 12.0 Å². The number of carbonyl (C=O) groups is 1. The molecule has 1 aromatic heterocycles. The molecule has 1 saturated heterocycles. The monoisotopic (exact) mass is 321 g/mol. The lowest BCUT2D eigenvalue weighted by atomic mass is 9.97. The van der Waals surface area contributed by atoms with E-state index in [1.54, 1.807) is 18.7 Å². The largest absolute Gasteiger partial charge is 0.388 e. The molecule has 0 saturated carbocycles. The molecular formula is C16H27N5O2. The van der Waals surface area contributed by atoms with Gasteiger partial charge in [-0.3, -0.25) is 0 Å². The molecule has 0 unspecified atom stereocenters. The number of amides is 2. The fourth-order valence-electron chi connectivity index (χ4n) is 2.92. The molecule has 0 aromatic carbocycles. The number of anilines is 1. The van der Waals surface area contributed by atoms with E-state index in [0.717, 1.165) is 24.2 Å². The third-order valence-corrected chi connectivity index (χ3v) is 4.05. The average Bonchev–Trinajstić information content (AvgIpc) is 2.93. The number of aryl methyl sites for hydroxylation is 1. The molecule has 1 aromatic rings. The number of hydrogen-bond donors (Lipinski definition) is 2. The third kappa shape index (κ3) is 4.31. The van der Waals surface area contributed by atoms with Gasteiger partial charge >= 0.3 is 6.03 Å². The minimum atomic E-state index is -0.891. The Bertz CT molecular complexity index is 568. The van der Waals surface area contributed by atoms with Crippen LogP contribution < -0.4 is 10.2 Å². The van der Waals surface area contributed by atoms with Gasteiger partial charge in [-0.05, 0) is 39.7 Å². The van der Waals surface area contributed by atoms with E-state index in [1.807, 2.05) is 32.0 Å². The fraction of sp³-hybridized carbons (Fsp3) is 0.688. The van der Waals surface area contributed by atoms with E-state index in [2.05, 4.69) is 15.3 Å². The van der Waals surface area contributed by atoms with E-state index >= 15 is 0 Å². The Kier molecular flexibility index (Phi) is 5.09. The highest BCUT2D eigenvalue weighted by Gasteiger charge is 2.38. The average molecular weight is 321 g/mol. The highest BCUT2D eigenvalue weighted by Crippen LogP contribution is 2.26. The maximum Gasteiger partial charge on any atom is 0.318 e. The lowest BCUT2D eigenvalue weighted by Crippen LogP contribution is -2.51. The molecule has 2 amide bonds. The topological polar surface area (TPSA) is 81.6 Å². The SMILES string of the molecule is Cc1cc(CNC(=O)N2CCC[C@H]2C(C)(C)O)nc(N(C)C)n1. The van der Waals surface area contributed by atoms with Crippen LogP contribution in [-0.4, -0.2) is 58.3 Å². The molecular weight excluding hydrogens is 294 g/mol. The standard InChI is InChI=1S/C16H27N5O2/c1-11-9-12(19-14(18-11)20(4)5)10-17-15(22)21-8-6-7-13(21)16(2,3)23/h9,13,23H,6-8,10H2,1-5H3,(H,17,22)/t13-/m0/s1. The van der Waals surface area contributed by atoms with E-state index in [4.69, 9.17) is 0 Å². The second-order valence-corrected chi connectivity index (χ2v) is 6.86. The number of hydrogen-bond acceptors (Lipinski definition) is 5. The number of nitrogens with zero attached hydrogens (tertiary/aromatic N) is 4. The Hall–Kier alpha value is -1.89. The second-order valence-electron chi connectivity index (χ2n) is 6.86. The number of nitrogens with one attached hydrogen (secondary N) is 1. The number of aromatic nitrogens is 2. The van der Waals surface area contributed by atoms with Crippen LogP contribution in [0.1, 0.15) is 38.1 Å². The normalized spacial score (nSPS) is 18.2. The summed E-state index contributed by atoms with van der Waals surface area (Å²) in [5, 5.41) is 13.1. The molecule has 0 spiro atoms. The van der Waals surface area contributed by atoms with Crippen molar-refractivity contribution in [2.75, 3.05) is 25.5 Å². The minimum Gasteiger partial charge on any atom is -0.388 e. The highest BCUT2D eigenvalue weighted by atomic mass is 16.3. The summed E-state index contributed by atoms with van der Waals surface area (Å²) < 4.78 is 0. The van der Waals surface area contributed by atoms with Gasteiger partial charge in [0.2, 0.25) is 5.95 Å². The lowest BCUT2D eigenvalue weighted by Gasteiger charge is -2.33. The number of rotatable bonds is 4. The summed E-state index contributed by atoms with van der Waals surface area (Å²) in [5.41, 5.74) is 0.745. The summed E-state index contributed by atoms with van der Waals surface area (Å²) in [6.45, 7) is 6.43. The molecule has 1 aliphatic rings. The molecule has 128 valence electrons. The maximum atomic E-state index is 12.4. The number of aliphatic hydroxyl groups is 1. The molecule has 1 atom stereocenters. The van der Waals surface area contributed by atoms with E-state index < -0.39 is 5.60 Å². The Morgan fingerprint density at radius 1 is 1.48 bits per heavy atom. The lowest BCUT2D eigenvalue weighted by molar-refractivity contribution is 0.00978. The van der Waals surface area contributed by atoms with Crippen molar-refractivity contribution in [3.8, 4) is 0 Å². The highest BCUT2D eigenvalue weighted by molar-refractivity contribution is 5.75. The number of likely N-dealkylation sites (tertiary alicyclic amines) is 1. The molecule has 2 rings (SSSR count). The Labute approximate surface area is 137 Å². The summed E-state index contributed by atoms with van der Waals surface area (Å²) in [6, 6.07) is 1.56. The summed E-state index contributed by atoms with van der Waals surface area (Å²) in [5.74, 6) is 0.629. The van der Waals surface area contributed by atoms with Crippen LogP contribution in [0.25, 0.3) is 0 Å². The molecule has 1 aliphatic heterocycles. The fourth-order valence-corrected chi connectivity index (χ4v) is 2.92. The quantitative estimate of drug-likeness (QED) is 0.873. The zero-order valence-corrected chi connectivity index (χ0v) is 14.6. The third-order valence-electron chi connectivity index (χ3n) is 4.05. The van der Waals surface area contributed by atoms with Gasteiger partial charge in [-0.15, -0.1) is 0 Å². The Balaban J connectivity index is 2.02. The molecule has 2 N–H and O–H groups in total. The smallest absolute Gasteiger partial charge is 0.318 e. The number of urea groups is 1. The van der Waals surface area contributed by atoms with E-state index in [9.17, 15) is 9.90 Å². The van der Waals surface area contributed by atoms with Crippen LogP contribution in [0.2, 0.25) is 0 Å². The molecule has 7 heteroatoms. The van der Waals surface area contributed by atoms with E-state index in [-0.39, 0.29) is 12.1 Å². The first-order valence-corrected chi connectivity index (χ1v) is 7.97. The summed E-state index contributed by atoms with van der Waals surface area (Å²) in [4.78, 5) is 24.8. The predicted octanol–water partition coefficient (Wildman–Crippen LogP) is 1.30. The summed E-state index contributed by atoms with van der Waals surface area (Å²) in [7, 11) is 3.77. The van der Waals surface area contributed by atoms with Gasteiger partial charge in [0, 0.05) is 26.3 Å². The molecule has 2 heterocycles. The van der Waals surface area contributed by atoms with E-state index in [0.29, 0.717) is 19.0 Å². The van der Waals surface area contributed by atoms with Gasteiger partial charge in [0.05, 0.1) is 23.9 Å². The van der Waals surface area contributed by atoms with Crippen molar-refractivity contribution in [2.24, 2.45) is 0 Å². The van der Waals surface area contributed by atoms with Crippen molar-refractivity contribution < 1.29 is 9.90 Å². The van der Waals surface area contributed by atoms with Gasteiger partial charge in [-0.2, -0.15) is 0 Å². The van der Waals surface area contributed by atoms with Gasteiger partial charge in [-0.1, -0.05) is 0 Å².